The summed E-state index contributed by atoms with van der Waals surface area (Å²) in [4.78, 5) is 13.6. The van der Waals surface area contributed by atoms with Crippen molar-refractivity contribution in [1.29, 1.82) is 0 Å². The van der Waals surface area contributed by atoms with Crippen LogP contribution in [0.5, 0.6) is 0 Å². The summed E-state index contributed by atoms with van der Waals surface area (Å²) in [7, 11) is 3.68. The van der Waals surface area contributed by atoms with Crippen molar-refractivity contribution < 1.29 is 13.9 Å². The molecular formula is C19H20FNO2. The molecule has 0 radical (unpaired) electrons. The van der Waals surface area contributed by atoms with E-state index in [2.05, 4.69) is 4.90 Å². The number of ether oxygens (including phenoxy) is 1. The monoisotopic (exact) mass is 313 g/mol. The summed E-state index contributed by atoms with van der Waals surface area (Å²) in [6, 6.07) is 10.8. The Labute approximate surface area is 135 Å². The summed E-state index contributed by atoms with van der Waals surface area (Å²) in [6.45, 7) is 3.20. The lowest BCUT2D eigenvalue weighted by molar-refractivity contribution is -0.121. The van der Waals surface area contributed by atoms with E-state index in [0.717, 1.165) is 36.1 Å². The number of methoxy groups -OCH3 is 1. The van der Waals surface area contributed by atoms with Crippen molar-refractivity contribution in [2.24, 2.45) is 0 Å². The van der Waals surface area contributed by atoms with Crippen LogP contribution in [0.4, 0.5) is 4.39 Å². The van der Waals surface area contributed by atoms with Gasteiger partial charge in [0.2, 0.25) is 0 Å². The third-order valence-corrected chi connectivity index (χ3v) is 4.62. The van der Waals surface area contributed by atoms with E-state index in [4.69, 9.17) is 4.74 Å². The second-order valence-electron chi connectivity index (χ2n) is 6.25. The molecule has 0 unspecified atom stereocenters. The predicted molar refractivity (Wildman–Crippen MR) is 88.1 cm³/mol. The number of benzene rings is 2. The Morgan fingerprint density at radius 2 is 1.83 bits per heavy atom. The lowest BCUT2D eigenvalue weighted by atomic mass is 9.82. The molecule has 0 aromatic heterocycles. The van der Waals surface area contributed by atoms with Crippen LogP contribution in [0.15, 0.2) is 36.4 Å². The van der Waals surface area contributed by atoms with Gasteiger partial charge < -0.3 is 4.74 Å². The first-order valence-electron chi connectivity index (χ1n) is 7.59. The first-order valence-corrected chi connectivity index (χ1v) is 7.59. The third kappa shape index (κ3) is 2.69. The Hall–Kier alpha value is -2.04. The fraction of sp³-hybridized carbons (Fsp3) is 0.316. The standard InChI is InChI=1S/C19H20FNO2/c1-13-4-5-15(9-18(13)20)14-6-7-16(10-22)17(8-14)19(23-3)11-21(2)12-19/h4-10H,11-12H2,1-3H3. The van der Waals surface area contributed by atoms with Crippen LogP contribution in [-0.2, 0) is 10.3 Å². The van der Waals surface area contributed by atoms with Gasteiger partial charge in [-0.3, -0.25) is 9.69 Å². The fourth-order valence-corrected chi connectivity index (χ4v) is 3.24. The summed E-state index contributed by atoms with van der Waals surface area (Å²) in [6.07, 6.45) is 0.855. The number of aldehydes is 1. The minimum absolute atomic E-state index is 0.228. The normalized spacial score (nSPS) is 16.9. The number of carbonyl (C=O) groups excluding carboxylic acids is 1. The summed E-state index contributed by atoms with van der Waals surface area (Å²) in [5.41, 5.74) is 3.32. The van der Waals surface area contributed by atoms with Crippen molar-refractivity contribution in [3.63, 3.8) is 0 Å². The molecule has 1 aliphatic rings. The molecule has 3 nitrogen and oxygen atoms in total. The largest absolute Gasteiger partial charge is 0.371 e. The molecule has 0 saturated carbocycles. The molecule has 0 aliphatic carbocycles. The smallest absolute Gasteiger partial charge is 0.150 e. The van der Waals surface area contributed by atoms with Gasteiger partial charge in [-0.2, -0.15) is 0 Å². The van der Waals surface area contributed by atoms with E-state index in [1.165, 1.54) is 6.07 Å². The number of nitrogens with zero attached hydrogens (tertiary/aromatic N) is 1. The number of likely N-dealkylation sites (tertiary alicyclic amines) is 1. The van der Waals surface area contributed by atoms with Crippen LogP contribution in [0.25, 0.3) is 11.1 Å². The van der Waals surface area contributed by atoms with Gasteiger partial charge in [-0.25, -0.2) is 4.39 Å². The Morgan fingerprint density at radius 3 is 2.39 bits per heavy atom. The van der Waals surface area contributed by atoms with E-state index in [1.54, 1.807) is 26.2 Å². The number of hydrogen-bond acceptors (Lipinski definition) is 3. The molecule has 1 heterocycles. The molecule has 1 fully saturated rings. The highest BCUT2D eigenvalue weighted by molar-refractivity contribution is 5.80. The maximum absolute atomic E-state index is 13.9. The molecule has 4 heteroatoms. The van der Waals surface area contributed by atoms with Crippen LogP contribution in [-0.4, -0.2) is 38.4 Å². The fourth-order valence-electron chi connectivity index (χ4n) is 3.24. The van der Waals surface area contributed by atoms with Gasteiger partial charge in [0.1, 0.15) is 17.7 Å². The summed E-state index contributed by atoms with van der Waals surface area (Å²) in [5, 5.41) is 0. The first kappa shape index (κ1) is 15.8. The number of halogens is 1. The van der Waals surface area contributed by atoms with Gasteiger partial charge >= 0.3 is 0 Å². The van der Waals surface area contributed by atoms with Gasteiger partial charge in [-0.15, -0.1) is 0 Å². The van der Waals surface area contributed by atoms with E-state index in [-0.39, 0.29) is 5.82 Å². The maximum Gasteiger partial charge on any atom is 0.150 e. The van der Waals surface area contributed by atoms with Crippen molar-refractivity contribution in [1.82, 2.24) is 4.90 Å². The Kier molecular flexibility index (Phi) is 4.04. The molecule has 3 rings (SSSR count). The topological polar surface area (TPSA) is 29.5 Å². The van der Waals surface area contributed by atoms with E-state index in [1.807, 2.05) is 25.2 Å². The zero-order valence-electron chi connectivity index (χ0n) is 13.6. The highest BCUT2D eigenvalue weighted by Gasteiger charge is 2.44. The molecule has 120 valence electrons. The molecule has 2 aromatic carbocycles. The Balaban J connectivity index is 2.09. The number of hydrogen-bond donors (Lipinski definition) is 0. The average Bonchev–Trinajstić information content (AvgIpc) is 2.53. The first-order chi connectivity index (χ1) is 11.0. The summed E-state index contributed by atoms with van der Waals surface area (Å²) >= 11 is 0. The van der Waals surface area contributed by atoms with Crippen molar-refractivity contribution >= 4 is 6.29 Å². The van der Waals surface area contributed by atoms with Gasteiger partial charge in [0, 0.05) is 25.8 Å². The molecule has 0 N–H and O–H groups in total. The van der Waals surface area contributed by atoms with E-state index < -0.39 is 5.60 Å². The second kappa shape index (κ2) is 5.87. The molecule has 1 saturated heterocycles. The molecule has 0 spiro atoms. The Morgan fingerprint density at radius 1 is 1.17 bits per heavy atom. The van der Waals surface area contributed by atoms with E-state index in [0.29, 0.717) is 11.1 Å². The number of aryl methyl sites for hydroxylation is 1. The SMILES string of the molecule is COC1(c2cc(-c3ccc(C)c(F)c3)ccc2C=O)CN(C)C1. The molecule has 1 aliphatic heterocycles. The molecule has 23 heavy (non-hydrogen) atoms. The molecule has 0 atom stereocenters. The summed E-state index contributed by atoms with van der Waals surface area (Å²) in [5.74, 6) is -0.228. The average molecular weight is 313 g/mol. The Bertz CT molecular complexity index is 751. The van der Waals surface area contributed by atoms with Crippen molar-refractivity contribution in [2.45, 2.75) is 12.5 Å². The highest BCUT2D eigenvalue weighted by atomic mass is 19.1. The zero-order valence-corrected chi connectivity index (χ0v) is 13.6. The third-order valence-electron chi connectivity index (χ3n) is 4.62. The summed E-state index contributed by atoms with van der Waals surface area (Å²) < 4.78 is 19.6. The maximum atomic E-state index is 13.9. The lowest BCUT2D eigenvalue weighted by Gasteiger charge is -2.48. The van der Waals surface area contributed by atoms with Crippen LogP contribution in [0, 0.1) is 12.7 Å². The minimum atomic E-state index is -0.468. The van der Waals surface area contributed by atoms with Gasteiger partial charge in [-0.05, 0) is 48.4 Å². The van der Waals surface area contributed by atoms with Crippen LogP contribution < -0.4 is 0 Å². The van der Waals surface area contributed by atoms with Gasteiger partial charge in [0.15, 0.2) is 0 Å². The second-order valence-corrected chi connectivity index (χ2v) is 6.25. The number of carbonyl (C=O) groups is 1. The van der Waals surface area contributed by atoms with Crippen LogP contribution in [0.3, 0.4) is 0 Å². The predicted octanol–water partition coefficient (Wildman–Crippen LogP) is 3.40. The van der Waals surface area contributed by atoms with Crippen molar-refractivity contribution in [3.8, 4) is 11.1 Å². The van der Waals surface area contributed by atoms with Crippen molar-refractivity contribution in [2.75, 3.05) is 27.2 Å². The molecule has 0 bridgehead atoms. The van der Waals surface area contributed by atoms with Gasteiger partial charge in [0.05, 0.1) is 0 Å². The lowest BCUT2D eigenvalue weighted by Crippen LogP contribution is -2.58. The molecule has 2 aromatic rings. The molecular weight excluding hydrogens is 293 g/mol. The minimum Gasteiger partial charge on any atom is -0.371 e. The van der Waals surface area contributed by atoms with E-state index in [9.17, 15) is 9.18 Å². The number of rotatable bonds is 4. The van der Waals surface area contributed by atoms with Crippen LogP contribution in [0.1, 0.15) is 21.5 Å². The highest BCUT2D eigenvalue weighted by Crippen LogP contribution is 2.38. The van der Waals surface area contributed by atoms with Crippen LogP contribution >= 0.6 is 0 Å². The van der Waals surface area contributed by atoms with Crippen molar-refractivity contribution in [3.05, 3.63) is 58.9 Å². The molecule has 0 amide bonds. The zero-order chi connectivity index (χ0) is 16.6. The van der Waals surface area contributed by atoms with E-state index >= 15 is 0 Å². The van der Waals surface area contributed by atoms with Gasteiger partial charge in [-0.1, -0.05) is 24.3 Å². The quantitative estimate of drug-likeness (QED) is 0.810. The number of likely N-dealkylation sites (N-methyl/N-ethyl adjacent to an activating group) is 1. The van der Waals surface area contributed by atoms with Gasteiger partial charge in [0.25, 0.3) is 0 Å². The van der Waals surface area contributed by atoms with Crippen LogP contribution in [0.2, 0.25) is 0 Å².